The van der Waals surface area contributed by atoms with Crippen molar-refractivity contribution < 1.29 is 34.5 Å². The van der Waals surface area contributed by atoms with Gasteiger partial charge in [-0.3, -0.25) is 19.2 Å². The zero-order chi connectivity index (χ0) is 32.5. The number of primary amides is 1. The van der Waals surface area contributed by atoms with Gasteiger partial charge in [-0.15, -0.1) is 0 Å². The molecule has 0 bridgehead atoms. The standard InChI is InChI=1S/C34H38N4O7/c1-17-25(32(35)43)30(41)34(45)23(28(17)36(2)3)16-20-15-22-21(8-9-24(39)27(22)29(40)26(20)31(34)42)18-6-5-7-19(14-18)33(44)38-12-10-37(4)11-13-38/h5-9,14,20,23,28,39-40,45H,10-13,15-16H2,1-4H3,(H2,35,43)/t20-,23-,28-,34+/m0/s1. The van der Waals surface area contributed by atoms with Gasteiger partial charge in [-0.2, -0.15) is 0 Å². The lowest BCUT2D eigenvalue weighted by atomic mass is 9.56. The maximum absolute atomic E-state index is 14.1. The highest BCUT2D eigenvalue weighted by Gasteiger charge is 2.64. The fraction of sp³-hybridized carbons (Fsp3) is 0.412. The van der Waals surface area contributed by atoms with Crippen molar-refractivity contribution in [2.24, 2.45) is 17.6 Å². The molecule has 6 rings (SSSR count). The number of piperazine rings is 1. The number of aliphatic hydroxyl groups is 2. The molecule has 1 aliphatic heterocycles. The minimum Gasteiger partial charge on any atom is -0.507 e. The number of hydrogen-bond acceptors (Lipinski definition) is 9. The van der Waals surface area contributed by atoms with Crippen LogP contribution in [0.3, 0.4) is 0 Å². The van der Waals surface area contributed by atoms with Crippen LogP contribution in [0.25, 0.3) is 16.9 Å². The number of aliphatic hydroxyl groups excluding tert-OH is 1. The van der Waals surface area contributed by atoms with Gasteiger partial charge in [0, 0.05) is 49.3 Å². The number of nitrogens with two attached hydrogens (primary N) is 1. The Bertz CT molecular complexity index is 1720. The van der Waals surface area contributed by atoms with Crippen LogP contribution in [0.2, 0.25) is 0 Å². The van der Waals surface area contributed by atoms with Crippen LogP contribution in [0.5, 0.6) is 5.75 Å². The van der Waals surface area contributed by atoms with E-state index in [0.29, 0.717) is 40.9 Å². The van der Waals surface area contributed by atoms with E-state index in [9.17, 15) is 34.5 Å². The second-order valence-electron chi connectivity index (χ2n) is 12.9. The molecule has 0 spiro atoms. The summed E-state index contributed by atoms with van der Waals surface area (Å²) in [5.41, 5.74) is 5.32. The van der Waals surface area contributed by atoms with Crippen LogP contribution >= 0.6 is 0 Å². The van der Waals surface area contributed by atoms with Crippen LogP contribution in [-0.2, 0) is 20.8 Å². The number of carbonyl (C=O) groups is 4. The summed E-state index contributed by atoms with van der Waals surface area (Å²) in [6.45, 7) is 4.45. The number of benzene rings is 2. The average Bonchev–Trinajstić information content (AvgIpc) is 2.99. The third kappa shape index (κ3) is 4.60. The molecule has 4 atom stereocenters. The van der Waals surface area contributed by atoms with E-state index in [1.165, 1.54) is 6.07 Å². The smallest absolute Gasteiger partial charge is 0.253 e. The van der Waals surface area contributed by atoms with E-state index in [2.05, 4.69) is 4.90 Å². The fourth-order valence-corrected chi connectivity index (χ4v) is 7.92. The molecule has 0 aromatic heterocycles. The molecule has 0 radical (unpaired) electrons. The summed E-state index contributed by atoms with van der Waals surface area (Å²) in [7, 11) is 5.49. The number of fused-ring (bicyclic) bond motifs is 3. The van der Waals surface area contributed by atoms with Gasteiger partial charge in [-0.05, 0) is 87.3 Å². The lowest BCUT2D eigenvalue weighted by molar-refractivity contribution is -0.160. The number of rotatable bonds is 4. The first-order valence-corrected chi connectivity index (χ1v) is 15.1. The Kier molecular flexibility index (Phi) is 7.46. The highest BCUT2D eigenvalue weighted by molar-refractivity contribution is 6.33. The van der Waals surface area contributed by atoms with Crippen LogP contribution in [0.4, 0.5) is 0 Å². The Hall–Kier alpha value is -4.32. The minimum absolute atomic E-state index is 0.0409. The van der Waals surface area contributed by atoms with E-state index in [1.807, 2.05) is 18.0 Å². The minimum atomic E-state index is -2.61. The number of Topliss-reactive ketones (excluding diaryl/α,β-unsaturated/α-hetero) is 2. The SMILES string of the molecule is CC1=C(C(N)=O)C(=O)[C@@]2(O)C(=O)C3=C(O)c4c(O)ccc(-c5cccc(C(=O)N6CCN(C)CC6)c5)c4C[C@H]3C[C@H]2[C@H]1N(C)C. The Morgan fingerprint density at radius 1 is 1.02 bits per heavy atom. The molecular formula is C34H38N4O7. The average molecular weight is 615 g/mol. The Balaban J connectivity index is 1.44. The molecule has 45 heavy (non-hydrogen) atoms. The monoisotopic (exact) mass is 614 g/mol. The summed E-state index contributed by atoms with van der Waals surface area (Å²) in [5, 5.41) is 34.4. The summed E-state index contributed by atoms with van der Waals surface area (Å²) >= 11 is 0. The lowest BCUT2D eigenvalue weighted by Crippen LogP contribution is -2.66. The van der Waals surface area contributed by atoms with Crippen molar-refractivity contribution in [2.75, 3.05) is 47.3 Å². The van der Waals surface area contributed by atoms with Crippen LogP contribution in [-0.4, -0.2) is 112 Å². The van der Waals surface area contributed by atoms with Crippen molar-refractivity contribution in [2.45, 2.75) is 31.4 Å². The first kappa shape index (κ1) is 30.7. The predicted molar refractivity (Wildman–Crippen MR) is 166 cm³/mol. The van der Waals surface area contributed by atoms with E-state index < -0.39 is 52.3 Å². The number of likely N-dealkylation sites (N-methyl/N-ethyl adjacent to an activating group) is 2. The van der Waals surface area contributed by atoms with Crippen molar-refractivity contribution >= 4 is 29.1 Å². The summed E-state index contributed by atoms with van der Waals surface area (Å²) < 4.78 is 0. The molecular weight excluding hydrogens is 576 g/mol. The molecule has 5 N–H and O–H groups in total. The first-order valence-electron chi connectivity index (χ1n) is 15.1. The molecule has 2 fully saturated rings. The largest absolute Gasteiger partial charge is 0.507 e. The number of ketones is 2. The quantitative estimate of drug-likeness (QED) is 0.295. The second-order valence-corrected chi connectivity index (χ2v) is 12.9. The van der Waals surface area contributed by atoms with Crippen LogP contribution < -0.4 is 5.73 Å². The van der Waals surface area contributed by atoms with Crippen molar-refractivity contribution in [3.05, 3.63) is 69.8 Å². The zero-order valence-corrected chi connectivity index (χ0v) is 25.8. The van der Waals surface area contributed by atoms with Crippen molar-refractivity contribution in [3.63, 3.8) is 0 Å². The molecule has 1 saturated heterocycles. The molecule has 2 aromatic carbocycles. The molecule has 0 unspecified atom stereocenters. The number of hydrogen-bond donors (Lipinski definition) is 4. The Morgan fingerprint density at radius 2 is 1.71 bits per heavy atom. The normalized spacial score (nSPS) is 27.0. The summed E-state index contributed by atoms with van der Waals surface area (Å²) in [4.78, 5) is 59.2. The fourth-order valence-electron chi connectivity index (χ4n) is 7.92. The van der Waals surface area contributed by atoms with Gasteiger partial charge < -0.3 is 35.8 Å². The second kappa shape index (κ2) is 10.9. The van der Waals surface area contributed by atoms with Gasteiger partial charge in [-0.1, -0.05) is 18.2 Å². The van der Waals surface area contributed by atoms with Crippen molar-refractivity contribution in [3.8, 4) is 16.9 Å². The number of carbonyl (C=O) groups excluding carboxylic acids is 4. The number of aromatic hydroxyl groups is 1. The van der Waals surface area contributed by atoms with Gasteiger partial charge >= 0.3 is 0 Å². The predicted octanol–water partition coefficient (Wildman–Crippen LogP) is 1.52. The third-order valence-corrected chi connectivity index (χ3v) is 10.1. The molecule has 2 aromatic rings. The van der Waals surface area contributed by atoms with Crippen LogP contribution in [0.1, 0.15) is 34.8 Å². The molecule has 11 heteroatoms. The third-order valence-electron chi connectivity index (χ3n) is 10.1. The van der Waals surface area contributed by atoms with Gasteiger partial charge in [0.05, 0.1) is 11.1 Å². The summed E-state index contributed by atoms with van der Waals surface area (Å²) in [6, 6.07) is 9.72. The summed E-state index contributed by atoms with van der Waals surface area (Å²) in [6.07, 6.45) is 0.378. The maximum Gasteiger partial charge on any atom is 0.253 e. The van der Waals surface area contributed by atoms with Gasteiger partial charge in [0.2, 0.25) is 11.6 Å². The first-order chi connectivity index (χ1) is 21.3. The van der Waals surface area contributed by atoms with E-state index >= 15 is 0 Å². The Labute approximate surface area is 261 Å². The van der Waals surface area contributed by atoms with Crippen molar-refractivity contribution in [1.29, 1.82) is 0 Å². The number of amides is 2. The molecule has 2 amide bonds. The van der Waals surface area contributed by atoms with E-state index in [0.717, 1.165) is 13.1 Å². The number of phenolic OH excluding ortho intramolecular Hbond substituents is 1. The van der Waals surface area contributed by atoms with E-state index in [-0.39, 0.29) is 35.6 Å². The topological polar surface area (TPSA) is 165 Å². The Morgan fingerprint density at radius 3 is 2.36 bits per heavy atom. The highest BCUT2D eigenvalue weighted by Crippen LogP contribution is 2.53. The zero-order valence-electron chi connectivity index (χ0n) is 25.8. The van der Waals surface area contributed by atoms with E-state index in [1.54, 1.807) is 50.2 Å². The molecule has 4 aliphatic rings. The van der Waals surface area contributed by atoms with Crippen LogP contribution in [0.15, 0.2) is 53.1 Å². The number of nitrogens with zero attached hydrogens (tertiary/aromatic N) is 3. The van der Waals surface area contributed by atoms with Crippen molar-refractivity contribution in [1.82, 2.24) is 14.7 Å². The molecule has 1 saturated carbocycles. The molecule has 236 valence electrons. The molecule has 1 heterocycles. The molecule has 3 aliphatic carbocycles. The maximum atomic E-state index is 14.1. The number of phenols is 1. The molecule has 11 nitrogen and oxygen atoms in total. The van der Waals surface area contributed by atoms with Gasteiger partial charge in [0.1, 0.15) is 11.5 Å². The van der Waals surface area contributed by atoms with E-state index in [4.69, 9.17) is 5.73 Å². The van der Waals surface area contributed by atoms with Crippen LogP contribution in [0, 0.1) is 11.8 Å². The van der Waals surface area contributed by atoms with Gasteiger partial charge in [0.25, 0.3) is 11.8 Å². The lowest BCUT2D eigenvalue weighted by Gasteiger charge is -2.51. The van der Waals surface area contributed by atoms with Gasteiger partial charge in [0.15, 0.2) is 5.60 Å². The highest BCUT2D eigenvalue weighted by atomic mass is 16.3. The van der Waals surface area contributed by atoms with Gasteiger partial charge in [-0.25, -0.2) is 0 Å². The summed E-state index contributed by atoms with van der Waals surface area (Å²) in [5.74, 6) is -5.44.